The normalized spacial score (nSPS) is 17.3. The van der Waals surface area contributed by atoms with E-state index in [1.54, 1.807) is 24.0 Å². The molecule has 0 spiro atoms. The van der Waals surface area contributed by atoms with Crippen LogP contribution in [0.1, 0.15) is 22.9 Å². The average Bonchev–Trinajstić information content (AvgIpc) is 3.35. The highest BCUT2D eigenvalue weighted by Gasteiger charge is 2.32. The van der Waals surface area contributed by atoms with Gasteiger partial charge in [-0.1, -0.05) is 66.7 Å². The highest BCUT2D eigenvalue weighted by atomic mass is 35.5. The number of halogens is 2. The molecule has 1 atom stereocenters. The van der Waals surface area contributed by atoms with Crippen molar-refractivity contribution in [2.75, 3.05) is 53.6 Å². The minimum absolute atomic E-state index is 0. The van der Waals surface area contributed by atoms with Crippen molar-refractivity contribution in [3.8, 4) is 11.8 Å². The van der Waals surface area contributed by atoms with E-state index in [1.165, 1.54) is 11.1 Å². The number of nitriles is 1. The predicted octanol–water partition coefficient (Wildman–Crippen LogP) is -3.91. The van der Waals surface area contributed by atoms with Crippen LogP contribution in [-0.4, -0.2) is 64.2 Å². The summed E-state index contributed by atoms with van der Waals surface area (Å²) in [6.07, 6.45) is -0.0210. The van der Waals surface area contributed by atoms with E-state index in [2.05, 4.69) is 66.7 Å². The second-order valence-electron chi connectivity index (χ2n) is 10.2. The van der Waals surface area contributed by atoms with Gasteiger partial charge in [-0.3, -0.25) is 0 Å². The van der Waals surface area contributed by atoms with Crippen molar-refractivity contribution >= 4 is 10.9 Å². The number of hydrogen-bond acceptors (Lipinski definition) is 4. The van der Waals surface area contributed by atoms with E-state index in [0.29, 0.717) is 25.1 Å². The van der Waals surface area contributed by atoms with Gasteiger partial charge in [0.05, 0.1) is 5.52 Å². The molecule has 1 saturated heterocycles. The molecule has 1 aliphatic heterocycles. The molecule has 3 aromatic carbocycles. The summed E-state index contributed by atoms with van der Waals surface area (Å²) in [5.74, 6) is 0.763. The molecular weight excluding hydrogens is 559 g/mol. The maximum atomic E-state index is 9.57. The molecule has 5 rings (SSSR count). The molecule has 1 aliphatic rings. The summed E-state index contributed by atoms with van der Waals surface area (Å²) in [5, 5.41) is 10.5. The van der Waals surface area contributed by atoms with Gasteiger partial charge in [-0.05, 0) is 18.2 Å². The number of nitrogens with zero attached hydrogens (tertiary/aromatic N) is 2. The number of benzene rings is 3. The van der Waals surface area contributed by atoms with Crippen LogP contribution in [0.4, 0.5) is 0 Å². The first-order valence-electron chi connectivity index (χ1n) is 13.7. The lowest BCUT2D eigenvalue weighted by atomic mass is 9.96. The lowest BCUT2D eigenvalue weighted by Crippen LogP contribution is -3.28. The van der Waals surface area contributed by atoms with Crippen LogP contribution in [0, 0.1) is 11.3 Å². The van der Waals surface area contributed by atoms with Gasteiger partial charge in [0.1, 0.15) is 75.7 Å². The number of hydrogen-bond donors (Lipinski definition) is 2. The van der Waals surface area contributed by atoms with Crippen LogP contribution in [-0.2, 0) is 16.2 Å². The van der Waals surface area contributed by atoms with Crippen molar-refractivity contribution in [3.63, 3.8) is 0 Å². The van der Waals surface area contributed by atoms with Crippen molar-refractivity contribution in [3.05, 3.63) is 102 Å². The summed E-state index contributed by atoms with van der Waals surface area (Å²) in [4.78, 5) is 3.16. The van der Waals surface area contributed by atoms with Crippen molar-refractivity contribution in [2.24, 2.45) is 0 Å². The third-order valence-corrected chi connectivity index (χ3v) is 7.83. The Hall–Kier alpha value is -3.09. The van der Waals surface area contributed by atoms with Gasteiger partial charge >= 0.3 is 0 Å². The second-order valence-corrected chi connectivity index (χ2v) is 10.2. The van der Waals surface area contributed by atoms with E-state index >= 15 is 0 Å². The van der Waals surface area contributed by atoms with E-state index in [-0.39, 0.29) is 30.9 Å². The Kier molecular flexibility index (Phi) is 12.5. The Morgan fingerprint density at radius 1 is 0.854 bits per heavy atom. The fourth-order valence-corrected chi connectivity index (χ4v) is 5.83. The number of ether oxygens (including phenoxy) is 3. The monoisotopic (exact) mass is 596 g/mol. The highest BCUT2D eigenvalue weighted by Crippen LogP contribution is 2.29. The first-order chi connectivity index (χ1) is 19.2. The third-order valence-electron chi connectivity index (χ3n) is 7.83. The molecule has 218 valence electrons. The Morgan fingerprint density at radius 3 is 2.05 bits per heavy atom. The van der Waals surface area contributed by atoms with E-state index in [1.807, 2.05) is 28.8 Å². The molecule has 0 radical (unpaired) electrons. The summed E-state index contributed by atoms with van der Waals surface area (Å²) >= 11 is 0. The number of fused-ring (bicyclic) bond motifs is 1. The lowest BCUT2D eigenvalue weighted by molar-refractivity contribution is -1.02. The number of quaternary nitrogens is 2. The summed E-state index contributed by atoms with van der Waals surface area (Å²) in [7, 11) is 3.39. The molecule has 0 amide bonds. The van der Waals surface area contributed by atoms with Crippen molar-refractivity contribution in [1.29, 1.82) is 5.26 Å². The molecule has 0 bridgehead atoms. The maximum Gasteiger partial charge on any atom is 0.140 e. The zero-order valence-electron chi connectivity index (χ0n) is 23.6. The highest BCUT2D eigenvalue weighted by molar-refractivity contribution is 5.88. The lowest BCUT2D eigenvalue weighted by Gasteiger charge is -2.36. The van der Waals surface area contributed by atoms with Gasteiger partial charge < -0.3 is 53.4 Å². The molecule has 1 fully saturated rings. The summed E-state index contributed by atoms with van der Waals surface area (Å²) in [5.41, 5.74) is 4.23. The summed E-state index contributed by atoms with van der Waals surface area (Å²) in [6, 6.07) is 32.1. The van der Waals surface area contributed by atoms with Gasteiger partial charge in [0, 0.05) is 30.7 Å². The molecule has 41 heavy (non-hydrogen) atoms. The van der Waals surface area contributed by atoms with Gasteiger partial charge in [0.15, 0.2) is 0 Å². The van der Waals surface area contributed by atoms with E-state index in [4.69, 9.17) is 14.2 Å². The number of aromatic nitrogens is 1. The van der Waals surface area contributed by atoms with Crippen molar-refractivity contribution in [2.45, 2.75) is 18.9 Å². The van der Waals surface area contributed by atoms with Gasteiger partial charge in [-0.25, -0.2) is 0 Å². The zero-order chi connectivity index (χ0) is 27.0. The quantitative estimate of drug-likeness (QED) is 0.186. The fraction of sp³-hybridized carbons (Fsp3) is 0.344. The number of rotatable bonds is 11. The average molecular weight is 598 g/mol. The molecule has 2 N–H and O–H groups in total. The Balaban J connectivity index is 0.00000231. The van der Waals surface area contributed by atoms with Crippen LogP contribution in [0.3, 0.4) is 0 Å². The minimum atomic E-state index is -0.0210. The van der Waals surface area contributed by atoms with E-state index < -0.39 is 0 Å². The molecule has 0 aliphatic carbocycles. The van der Waals surface area contributed by atoms with Crippen LogP contribution >= 0.6 is 0 Å². The van der Waals surface area contributed by atoms with Crippen LogP contribution in [0.15, 0.2) is 84.9 Å². The van der Waals surface area contributed by atoms with E-state index in [0.717, 1.165) is 49.4 Å². The topological polar surface area (TPSA) is 65.3 Å². The van der Waals surface area contributed by atoms with Gasteiger partial charge in [-0.2, -0.15) is 5.26 Å². The largest absolute Gasteiger partial charge is 1.00 e. The first-order valence-corrected chi connectivity index (χ1v) is 13.7. The first kappa shape index (κ1) is 32.4. The maximum absolute atomic E-state index is 9.57. The fourth-order valence-electron chi connectivity index (χ4n) is 5.83. The molecule has 1 aromatic heterocycles. The smallest absolute Gasteiger partial charge is 0.140 e. The molecule has 1 unspecified atom stereocenters. The van der Waals surface area contributed by atoms with Crippen LogP contribution in [0.25, 0.3) is 10.9 Å². The van der Waals surface area contributed by atoms with Crippen LogP contribution in [0.5, 0.6) is 5.75 Å². The van der Waals surface area contributed by atoms with Gasteiger partial charge in [-0.15, -0.1) is 0 Å². The zero-order valence-corrected chi connectivity index (χ0v) is 25.1. The minimum Gasteiger partial charge on any atom is -1.00 e. The van der Waals surface area contributed by atoms with Crippen LogP contribution in [0.2, 0.25) is 0 Å². The standard InChI is InChI=1S/C32H36N4O3.2ClH/c1-37-24-36-27(21-33)20-29-30(36)14-9-15-31(29)39-23-28(38-2)22-34-16-18-35(19-17-34)32(25-10-5-3-6-11-25)26-12-7-4-8-13-26;;/h3-15,20,28,32H,16-19,22-24H2,1-2H3;2*1H. The van der Waals surface area contributed by atoms with Crippen molar-refractivity contribution < 1.29 is 48.8 Å². The summed E-state index contributed by atoms with van der Waals surface area (Å²) in [6.45, 7) is 6.07. The predicted molar refractivity (Wildman–Crippen MR) is 151 cm³/mol. The number of nitrogens with one attached hydrogen (secondary N) is 2. The van der Waals surface area contributed by atoms with Crippen LogP contribution < -0.4 is 39.4 Å². The Bertz CT molecular complexity index is 1350. The number of piperazine rings is 1. The summed E-state index contributed by atoms with van der Waals surface area (Å²) < 4.78 is 19.3. The molecule has 7 nitrogen and oxygen atoms in total. The van der Waals surface area contributed by atoms with Crippen molar-refractivity contribution in [1.82, 2.24) is 4.57 Å². The molecule has 2 heterocycles. The van der Waals surface area contributed by atoms with Gasteiger partial charge in [0.2, 0.25) is 0 Å². The number of methoxy groups -OCH3 is 2. The van der Waals surface area contributed by atoms with Gasteiger partial charge in [0.25, 0.3) is 0 Å². The Labute approximate surface area is 255 Å². The molecule has 0 saturated carbocycles. The molecular formula is C32H38Cl2N4O3. The molecule has 4 aromatic rings. The molecule has 9 heteroatoms. The Morgan fingerprint density at radius 2 is 1.49 bits per heavy atom. The SMILES string of the molecule is COCn1c(C#N)cc2c(OCC(C[NH+]3CC[NH+](C(c4ccccc4)c4ccccc4)CC3)OC)cccc21.[Cl-].[Cl-]. The third kappa shape index (κ3) is 7.60. The van der Waals surface area contributed by atoms with E-state index in [9.17, 15) is 5.26 Å². The second kappa shape index (κ2) is 15.8.